The van der Waals surface area contributed by atoms with E-state index < -0.39 is 5.60 Å². The van der Waals surface area contributed by atoms with E-state index in [1.165, 1.54) is 5.56 Å². The quantitative estimate of drug-likeness (QED) is 0.786. The number of hydrogen-bond donors (Lipinski definition) is 2. The Morgan fingerprint density at radius 3 is 2.35 bits per heavy atom. The maximum atomic E-state index is 9.82. The third kappa shape index (κ3) is 5.14. The van der Waals surface area contributed by atoms with Gasteiger partial charge in [-0.2, -0.15) is 0 Å². The predicted molar refractivity (Wildman–Crippen MR) is 84.3 cm³/mol. The second-order valence-corrected chi connectivity index (χ2v) is 6.88. The molecule has 1 atom stereocenters. The molecular formula is C17H29NO2. The Kier molecular flexibility index (Phi) is 5.60. The van der Waals surface area contributed by atoms with Gasteiger partial charge in [0.05, 0.1) is 12.2 Å². The molecule has 0 heterocycles. The average molecular weight is 279 g/mol. The number of aliphatic hydroxyl groups is 1. The molecule has 0 aliphatic heterocycles. The molecule has 0 amide bonds. The maximum absolute atomic E-state index is 9.82. The first kappa shape index (κ1) is 17.0. The summed E-state index contributed by atoms with van der Waals surface area (Å²) in [5.41, 5.74) is 7.33. The van der Waals surface area contributed by atoms with Crippen LogP contribution >= 0.6 is 0 Å². The standard InChI is InChI=1S/C17H29NO2/c1-13-11-14(16(2,3)4)7-8-15(13)20-10-6-9-17(5,19)12-18/h7-8,11,19H,6,9-10,12,18H2,1-5H3. The van der Waals surface area contributed by atoms with Gasteiger partial charge in [-0.15, -0.1) is 0 Å². The van der Waals surface area contributed by atoms with Gasteiger partial charge in [0.2, 0.25) is 0 Å². The Hall–Kier alpha value is -1.06. The topological polar surface area (TPSA) is 55.5 Å². The van der Waals surface area contributed by atoms with Crippen molar-refractivity contribution in [2.24, 2.45) is 5.73 Å². The third-order valence-electron chi connectivity index (χ3n) is 3.60. The van der Waals surface area contributed by atoms with Gasteiger partial charge >= 0.3 is 0 Å². The van der Waals surface area contributed by atoms with Crippen molar-refractivity contribution in [2.75, 3.05) is 13.2 Å². The van der Waals surface area contributed by atoms with Crippen LogP contribution < -0.4 is 10.5 Å². The van der Waals surface area contributed by atoms with Crippen molar-refractivity contribution >= 4 is 0 Å². The molecule has 1 aromatic rings. The Balaban J connectivity index is 2.54. The lowest BCUT2D eigenvalue weighted by atomic mass is 9.86. The number of rotatable bonds is 6. The highest BCUT2D eigenvalue weighted by atomic mass is 16.5. The van der Waals surface area contributed by atoms with Crippen molar-refractivity contribution in [1.29, 1.82) is 0 Å². The monoisotopic (exact) mass is 279 g/mol. The molecule has 3 heteroatoms. The summed E-state index contributed by atoms with van der Waals surface area (Å²) < 4.78 is 5.79. The normalized spacial score (nSPS) is 14.9. The molecule has 0 bridgehead atoms. The number of ether oxygens (including phenoxy) is 1. The van der Waals surface area contributed by atoms with Gasteiger partial charge in [-0.1, -0.05) is 32.9 Å². The molecule has 114 valence electrons. The molecule has 0 radical (unpaired) electrons. The van der Waals surface area contributed by atoms with Crippen molar-refractivity contribution in [3.05, 3.63) is 29.3 Å². The molecule has 1 unspecified atom stereocenters. The van der Waals surface area contributed by atoms with E-state index in [1.807, 2.05) is 6.07 Å². The molecule has 20 heavy (non-hydrogen) atoms. The first-order valence-electron chi connectivity index (χ1n) is 7.32. The van der Waals surface area contributed by atoms with E-state index >= 15 is 0 Å². The maximum Gasteiger partial charge on any atom is 0.122 e. The van der Waals surface area contributed by atoms with Crippen molar-refractivity contribution in [3.63, 3.8) is 0 Å². The van der Waals surface area contributed by atoms with Crippen LogP contribution in [0.25, 0.3) is 0 Å². The van der Waals surface area contributed by atoms with Crippen LogP contribution in [-0.4, -0.2) is 23.9 Å². The molecule has 0 aliphatic rings. The molecule has 1 aromatic carbocycles. The average Bonchev–Trinajstić information content (AvgIpc) is 2.35. The van der Waals surface area contributed by atoms with Crippen molar-refractivity contribution in [2.45, 2.75) is 58.5 Å². The number of hydrogen-bond acceptors (Lipinski definition) is 3. The van der Waals surface area contributed by atoms with Crippen LogP contribution in [0.5, 0.6) is 5.75 Å². The van der Waals surface area contributed by atoms with Crippen LogP contribution in [0.4, 0.5) is 0 Å². The van der Waals surface area contributed by atoms with Crippen molar-refractivity contribution < 1.29 is 9.84 Å². The van der Waals surface area contributed by atoms with E-state index in [4.69, 9.17) is 10.5 Å². The van der Waals surface area contributed by atoms with E-state index in [9.17, 15) is 5.11 Å². The first-order chi connectivity index (χ1) is 9.15. The van der Waals surface area contributed by atoms with Crippen molar-refractivity contribution in [1.82, 2.24) is 0 Å². The molecule has 0 spiro atoms. The van der Waals surface area contributed by atoms with E-state index in [-0.39, 0.29) is 12.0 Å². The van der Waals surface area contributed by atoms with Gasteiger partial charge in [-0.25, -0.2) is 0 Å². The molecular weight excluding hydrogens is 250 g/mol. The fourth-order valence-electron chi connectivity index (χ4n) is 2.02. The van der Waals surface area contributed by atoms with Gasteiger partial charge in [-0.05, 0) is 49.3 Å². The molecule has 0 saturated heterocycles. The van der Waals surface area contributed by atoms with Gasteiger partial charge in [0, 0.05) is 6.54 Å². The summed E-state index contributed by atoms with van der Waals surface area (Å²) in [6, 6.07) is 6.35. The number of nitrogens with two attached hydrogens (primary N) is 1. The SMILES string of the molecule is Cc1cc(C(C)(C)C)ccc1OCCCC(C)(O)CN. The van der Waals surface area contributed by atoms with Crippen LogP contribution in [0.2, 0.25) is 0 Å². The highest BCUT2D eigenvalue weighted by molar-refractivity contribution is 5.38. The fourth-order valence-corrected chi connectivity index (χ4v) is 2.02. The summed E-state index contributed by atoms with van der Waals surface area (Å²) in [6.07, 6.45) is 1.45. The van der Waals surface area contributed by atoms with Gasteiger partial charge in [0.15, 0.2) is 0 Å². The van der Waals surface area contributed by atoms with E-state index in [0.29, 0.717) is 13.0 Å². The van der Waals surface area contributed by atoms with Crippen molar-refractivity contribution in [3.8, 4) is 5.75 Å². The van der Waals surface area contributed by atoms with E-state index in [0.717, 1.165) is 17.7 Å². The molecule has 0 fully saturated rings. The molecule has 0 aromatic heterocycles. The van der Waals surface area contributed by atoms with Crippen LogP contribution in [0.1, 0.15) is 51.7 Å². The lowest BCUT2D eigenvalue weighted by Crippen LogP contribution is -2.34. The van der Waals surface area contributed by atoms with E-state index in [1.54, 1.807) is 6.92 Å². The van der Waals surface area contributed by atoms with Crippen LogP contribution in [0, 0.1) is 6.92 Å². The summed E-state index contributed by atoms with van der Waals surface area (Å²) >= 11 is 0. The summed E-state index contributed by atoms with van der Waals surface area (Å²) in [5.74, 6) is 0.922. The van der Waals surface area contributed by atoms with Gasteiger partial charge < -0.3 is 15.6 Å². The Morgan fingerprint density at radius 2 is 1.85 bits per heavy atom. The zero-order valence-electron chi connectivity index (χ0n) is 13.5. The summed E-state index contributed by atoms with van der Waals surface area (Å²) in [5, 5.41) is 9.82. The molecule has 0 saturated carbocycles. The summed E-state index contributed by atoms with van der Waals surface area (Å²) in [4.78, 5) is 0. The third-order valence-corrected chi connectivity index (χ3v) is 3.60. The van der Waals surface area contributed by atoms with Gasteiger partial charge in [0.1, 0.15) is 5.75 Å². The Bertz CT molecular complexity index is 433. The lowest BCUT2D eigenvalue weighted by molar-refractivity contribution is 0.0535. The minimum absolute atomic E-state index is 0.156. The molecule has 1 rings (SSSR count). The highest BCUT2D eigenvalue weighted by Crippen LogP contribution is 2.27. The number of benzene rings is 1. The molecule has 0 aliphatic carbocycles. The fraction of sp³-hybridized carbons (Fsp3) is 0.647. The Morgan fingerprint density at radius 1 is 1.20 bits per heavy atom. The lowest BCUT2D eigenvalue weighted by Gasteiger charge is -2.22. The summed E-state index contributed by atoms with van der Waals surface area (Å²) in [7, 11) is 0. The van der Waals surface area contributed by atoms with Gasteiger partial charge in [-0.3, -0.25) is 0 Å². The molecule has 3 N–H and O–H groups in total. The molecule has 3 nitrogen and oxygen atoms in total. The minimum Gasteiger partial charge on any atom is -0.493 e. The zero-order chi connectivity index (χ0) is 15.4. The summed E-state index contributed by atoms with van der Waals surface area (Å²) in [6.45, 7) is 11.3. The largest absolute Gasteiger partial charge is 0.493 e. The predicted octanol–water partition coefficient (Wildman–Crippen LogP) is 3.16. The Labute approximate surface area is 123 Å². The second-order valence-electron chi connectivity index (χ2n) is 6.88. The van der Waals surface area contributed by atoms with Crippen LogP contribution in [0.3, 0.4) is 0 Å². The van der Waals surface area contributed by atoms with Crippen LogP contribution in [-0.2, 0) is 5.41 Å². The first-order valence-corrected chi connectivity index (χ1v) is 7.32. The van der Waals surface area contributed by atoms with E-state index in [2.05, 4.69) is 39.8 Å². The smallest absolute Gasteiger partial charge is 0.122 e. The number of aryl methyl sites for hydroxylation is 1. The second kappa shape index (κ2) is 6.59. The van der Waals surface area contributed by atoms with Gasteiger partial charge in [0.25, 0.3) is 0 Å². The van der Waals surface area contributed by atoms with Crippen LogP contribution in [0.15, 0.2) is 18.2 Å². The highest BCUT2D eigenvalue weighted by Gasteiger charge is 2.17. The zero-order valence-corrected chi connectivity index (χ0v) is 13.5. The minimum atomic E-state index is -0.783.